The lowest BCUT2D eigenvalue weighted by Crippen LogP contribution is -2.46. The van der Waals surface area contributed by atoms with E-state index in [1.807, 2.05) is 26.0 Å². The maximum absolute atomic E-state index is 12.9. The molecule has 25 heavy (non-hydrogen) atoms. The topological polar surface area (TPSA) is 69.6 Å². The zero-order valence-corrected chi connectivity index (χ0v) is 17.0. The Labute approximate surface area is 163 Å². The molecule has 0 aromatic heterocycles. The lowest BCUT2D eigenvalue weighted by Gasteiger charge is -2.40. The number of Topliss-reactive ketones (excluding diaryl/α,β-unsaturated/α-hetero) is 1. The van der Waals surface area contributed by atoms with Gasteiger partial charge in [-0.1, -0.05) is 57.8 Å². The molecule has 0 radical (unpaired) electrons. The molecule has 0 spiro atoms. The van der Waals surface area contributed by atoms with Crippen molar-refractivity contribution in [3.63, 3.8) is 0 Å². The van der Waals surface area contributed by atoms with Crippen LogP contribution in [0.1, 0.15) is 37.1 Å². The molecule has 1 heterocycles. The van der Waals surface area contributed by atoms with Gasteiger partial charge in [0.2, 0.25) is 0 Å². The highest BCUT2D eigenvalue weighted by Gasteiger charge is 2.42. The standard InChI is InChI=1S/C19H19Br2NO3/c1-9-17(15-11(20)5-3-7-13(15)23)22-18(10(2)19(9)25)16-12(21)6-4-8-14(16)24/h3-10,17-18,22-24H,1-2H3/t9-,10+,17+,18-. The van der Waals surface area contributed by atoms with Gasteiger partial charge in [-0.15, -0.1) is 0 Å². The molecule has 0 aliphatic carbocycles. The van der Waals surface area contributed by atoms with Crippen molar-refractivity contribution in [2.45, 2.75) is 25.9 Å². The number of aromatic hydroxyl groups is 2. The number of hydrogen-bond acceptors (Lipinski definition) is 4. The minimum atomic E-state index is -0.365. The molecule has 1 aliphatic rings. The van der Waals surface area contributed by atoms with E-state index in [9.17, 15) is 15.0 Å². The number of carbonyl (C=O) groups is 1. The molecule has 0 bridgehead atoms. The first-order chi connectivity index (χ1) is 11.8. The number of piperidine rings is 1. The highest BCUT2D eigenvalue weighted by molar-refractivity contribution is 9.10. The predicted octanol–water partition coefficient (Wildman–Crippen LogP) is 4.85. The van der Waals surface area contributed by atoms with Gasteiger partial charge in [0.25, 0.3) is 0 Å². The van der Waals surface area contributed by atoms with Crippen molar-refractivity contribution in [1.29, 1.82) is 0 Å². The first-order valence-electron chi connectivity index (χ1n) is 8.07. The van der Waals surface area contributed by atoms with Gasteiger partial charge >= 0.3 is 0 Å². The summed E-state index contributed by atoms with van der Waals surface area (Å²) in [5, 5.41) is 24.2. The third kappa shape index (κ3) is 3.23. The number of hydrogen-bond donors (Lipinski definition) is 3. The Morgan fingerprint density at radius 2 is 1.24 bits per heavy atom. The van der Waals surface area contributed by atoms with Crippen molar-refractivity contribution < 1.29 is 15.0 Å². The first-order valence-corrected chi connectivity index (χ1v) is 9.66. The van der Waals surface area contributed by atoms with E-state index in [2.05, 4.69) is 37.2 Å². The summed E-state index contributed by atoms with van der Waals surface area (Å²) in [6.07, 6.45) is 0. The zero-order valence-electron chi connectivity index (χ0n) is 13.8. The Balaban J connectivity index is 2.09. The Bertz CT molecular complexity index is 718. The summed E-state index contributed by atoms with van der Waals surface area (Å²) in [7, 11) is 0. The van der Waals surface area contributed by atoms with E-state index >= 15 is 0 Å². The smallest absolute Gasteiger partial charge is 0.142 e. The maximum atomic E-state index is 12.9. The normalized spacial score (nSPS) is 26.6. The van der Waals surface area contributed by atoms with Crippen LogP contribution in [0.25, 0.3) is 0 Å². The third-order valence-corrected chi connectivity index (χ3v) is 6.32. The van der Waals surface area contributed by atoms with Gasteiger partial charge in [0.1, 0.15) is 17.3 Å². The predicted molar refractivity (Wildman–Crippen MR) is 104 cm³/mol. The SMILES string of the molecule is C[C@@H]1C(=O)[C@H](C)[C@@H](c2c(O)cccc2Br)N[C@H]1c1c(O)cccc1Br. The minimum Gasteiger partial charge on any atom is -0.508 e. The first kappa shape index (κ1) is 18.4. The number of phenolic OH excluding ortho intramolecular Hbond substituents is 2. The molecular weight excluding hydrogens is 450 g/mol. The van der Waals surface area contributed by atoms with Crippen LogP contribution in [0, 0.1) is 11.8 Å². The number of halogens is 2. The molecule has 1 saturated heterocycles. The maximum Gasteiger partial charge on any atom is 0.142 e. The monoisotopic (exact) mass is 467 g/mol. The molecule has 132 valence electrons. The highest BCUT2D eigenvalue weighted by Crippen LogP contribution is 2.45. The van der Waals surface area contributed by atoms with Crippen molar-refractivity contribution in [3.8, 4) is 11.5 Å². The van der Waals surface area contributed by atoms with Crippen LogP contribution >= 0.6 is 31.9 Å². The molecule has 3 rings (SSSR count). The van der Waals surface area contributed by atoms with Gasteiger partial charge in [-0.3, -0.25) is 4.79 Å². The molecule has 2 aromatic carbocycles. The Hall–Kier alpha value is -1.37. The van der Waals surface area contributed by atoms with E-state index in [1.165, 1.54) is 0 Å². The van der Waals surface area contributed by atoms with E-state index in [0.717, 1.165) is 8.95 Å². The summed E-state index contributed by atoms with van der Waals surface area (Å²) < 4.78 is 1.49. The minimum absolute atomic E-state index is 0.0963. The fourth-order valence-corrected chi connectivity index (χ4v) is 4.76. The van der Waals surface area contributed by atoms with Gasteiger partial charge in [-0.05, 0) is 24.3 Å². The van der Waals surface area contributed by atoms with Crippen LogP contribution in [0.5, 0.6) is 11.5 Å². The largest absolute Gasteiger partial charge is 0.508 e. The van der Waals surface area contributed by atoms with Crippen molar-refractivity contribution in [1.82, 2.24) is 5.32 Å². The summed E-state index contributed by atoms with van der Waals surface area (Å²) in [5.41, 5.74) is 1.32. The van der Waals surface area contributed by atoms with Crippen molar-refractivity contribution in [2.24, 2.45) is 11.8 Å². The summed E-state index contributed by atoms with van der Waals surface area (Å²) in [5.74, 6) is -0.243. The van der Waals surface area contributed by atoms with E-state index in [-0.39, 0.29) is 41.2 Å². The highest BCUT2D eigenvalue weighted by atomic mass is 79.9. The molecule has 4 atom stereocenters. The molecule has 0 saturated carbocycles. The molecule has 0 amide bonds. The average molecular weight is 469 g/mol. The fourth-order valence-electron chi connectivity index (χ4n) is 3.56. The summed E-state index contributed by atoms with van der Waals surface area (Å²) in [6.45, 7) is 3.73. The van der Waals surface area contributed by atoms with Crippen molar-refractivity contribution >= 4 is 37.6 Å². The average Bonchev–Trinajstić information content (AvgIpc) is 2.56. The van der Waals surface area contributed by atoms with Crippen molar-refractivity contribution in [3.05, 3.63) is 56.5 Å². The van der Waals surface area contributed by atoms with Gasteiger partial charge in [-0.25, -0.2) is 0 Å². The van der Waals surface area contributed by atoms with Crippen LogP contribution in [0.3, 0.4) is 0 Å². The van der Waals surface area contributed by atoms with Gasteiger partial charge in [0.15, 0.2) is 0 Å². The fraction of sp³-hybridized carbons (Fsp3) is 0.316. The van der Waals surface area contributed by atoms with Crippen LogP contribution in [0.2, 0.25) is 0 Å². The number of ketones is 1. The summed E-state index contributed by atoms with van der Waals surface area (Å²) in [4.78, 5) is 12.9. The van der Waals surface area contributed by atoms with Gasteiger partial charge in [0, 0.05) is 44.0 Å². The van der Waals surface area contributed by atoms with E-state index in [4.69, 9.17) is 0 Å². The molecule has 3 N–H and O–H groups in total. The van der Waals surface area contributed by atoms with E-state index < -0.39 is 0 Å². The van der Waals surface area contributed by atoms with Gasteiger partial charge in [-0.2, -0.15) is 0 Å². The lowest BCUT2D eigenvalue weighted by molar-refractivity contribution is -0.130. The molecule has 0 unspecified atom stereocenters. The van der Waals surface area contributed by atoms with Crippen LogP contribution in [0.15, 0.2) is 45.3 Å². The molecule has 6 heteroatoms. The van der Waals surface area contributed by atoms with E-state index in [0.29, 0.717) is 11.1 Å². The van der Waals surface area contributed by atoms with Crippen molar-refractivity contribution in [2.75, 3.05) is 0 Å². The summed E-state index contributed by atoms with van der Waals surface area (Å²) in [6, 6.07) is 9.68. The van der Waals surface area contributed by atoms with Gasteiger partial charge in [0.05, 0.1) is 0 Å². The Morgan fingerprint density at radius 1 is 0.840 bits per heavy atom. The second-order valence-corrected chi connectivity index (χ2v) is 8.16. The zero-order chi connectivity index (χ0) is 18.3. The van der Waals surface area contributed by atoms with Gasteiger partial charge < -0.3 is 15.5 Å². The summed E-state index contributed by atoms with van der Waals surface area (Å²) >= 11 is 6.96. The Kier molecular flexibility index (Phi) is 5.23. The second kappa shape index (κ2) is 7.09. The van der Waals surface area contributed by atoms with Crippen LogP contribution in [-0.4, -0.2) is 16.0 Å². The quantitative estimate of drug-likeness (QED) is 0.589. The number of carbonyl (C=O) groups excluding carboxylic acids is 1. The molecule has 1 aliphatic heterocycles. The van der Waals surface area contributed by atoms with Crippen LogP contribution in [0.4, 0.5) is 0 Å². The second-order valence-electron chi connectivity index (χ2n) is 6.45. The Morgan fingerprint density at radius 3 is 1.60 bits per heavy atom. The molecular formula is C19H19Br2NO3. The van der Waals surface area contributed by atoms with E-state index in [1.54, 1.807) is 24.3 Å². The number of phenols is 2. The third-order valence-electron chi connectivity index (χ3n) is 4.94. The molecule has 2 aromatic rings. The molecule has 4 nitrogen and oxygen atoms in total. The van der Waals surface area contributed by atoms with Crippen LogP contribution in [-0.2, 0) is 4.79 Å². The number of rotatable bonds is 2. The number of benzene rings is 2. The number of nitrogens with one attached hydrogen (secondary N) is 1. The molecule has 1 fully saturated rings. The van der Waals surface area contributed by atoms with Crippen LogP contribution < -0.4 is 5.32 Å². The lowest BCUT2D eigenvalue weighted by atomic mass is 9.76.